The normalized spacial score (nSPS) is 24.5. The third-order valence-corrected chi connectivity index (χ3v) is 8.55. The zero-order valence-electron chi connectivity index (χ0n) is 26.5. The van der Waals surface area contributed by atoms with Crippen LogP contribution in [0.4, 0.5) is 0 Å². The van der Waals surface area contributed by atoms with Crippen molar-refractivity contribution in [1.82, 2.24) is 34.8 Å². The van der Waals surface area contributed by atoms with Gasteiger partial charge in [-0.3, -0.25) is 24.0 Å². The molecule has 0 saturated carbocycles. The van der Waals surface area contributed by atoms with Crippen molar-refractivity contribution in [2.75, 3.05) is 52.5 Å². The van der Waals surface area contributed by atoms with Gasteiger partial charge in [0.05, 0.1) is 25.5 Å². The summed E-state index contributed by atoms with van der Waals surface area (Å²) in [4.78, 5) is 51.0. The first-order valence-electron chi connectivity index (χ1n) is 15.8. The van der Waals surface area contributed by atoms with Crippen LogP contribution in [0.3, 0.4) is 0 Å². The third-order valence-electron chi connectivity index (χ3n) is 8.55. The number of rotatable bonds is 3. The van der Waals surface area contributed by atoms with Crippen LogP contribution >= 0.6 is 0 Å². The van der Waals surface area contributed by atoms with E-state index in [2.05, 4.69) is 41.1 Å². The Morgan fingerprint density at radius 2 is 1.86 bits per heavy atom. The van der Waals surface area contributed by atoms with Gasteiger partial charge in [0.25, 0.3) is 5.91 Å². The van der Waals surface area contributed by atoms with Crippen LogP contribution < -0.4 is 10.1 Å². The number of fused-ring (bicyclic) bond motifs is 10. The van der Waals surface area contributed by atoms with Gasteiger partial charge in [-0.1, -0.05) is 26.8 Å². The van der Waals surface area contributed by atoms with Gasteiger partial charge in [-0.05, 0) is 36.7 Å². The zero-order chi connectivity index (χ0) is 31.3. The number of nitrogens with zero attached hydrogens (tertiary/aromatic N) is 6. The van der Waals surface area contributed by atoms with E-state index < -0.39 is 0 Å². The molecule has 0 aromatic carbocycles. The van der Waals surface area contributed by atoms with E-state index in [4.69, 9.17) is 9.47 Å². The van der Waals surface area contributed by atoms with Crippen molar-refractivity contribution in [2.45, 2.75) is 65.1 Å². The summed E-state index contributed by atoms with van der Waals surface area (Å²) in [6.07, 6.45) is 6.46. The van der Waals surface area contributed by atoms with Gasteiger partial charge in [-0.25, -0.2) is 4.98 Å². The lowest BCUT2D eigenvalue weighted by Crippen LogP contribution is -2.49. The molecule has 0 unspecified atom stereocenters. The molecule has 6 heterocycles. The van der Waals surface area contributed by atoms with Crippen molar-refractivity contribution in [3.05, 3.63) is 41.9 Å². The highest BCUT2D eigenvalue weighted by Gasteiger charge is 2.40. The number of aryl methyl sites for hydroxylation is 1. The first-order valence-corrected chi connectivity index (χ1v) is 15.8. The van der Waals surface area contributed by atoms with Crippen molar-refractivity contribution >= 4 is 17.7 Å². The number of amides is 3. The maximum Gasteiger partial charge on any atom is 0.270 e. The smallest absolute Gasteiger partial charge is 0.270 e. The van der Waals surface area contributed by atoms with E-state index in [1.807, 2.05) is 29.2 Å². The summed E-state index contributed by atoms with van der Waals surface area (Å²) in [7, 11) is 1.88. The van der Waals surface area contributed by atoms with Crippen LogP contribution in [-0.2, 0) is 27.9 Å². The van der Waals surface area contributed by atoms with Crippen LogP contribution in [0.15, 0.2) is 30.6 Å². The van der Waals surface area contributed by atoms with Gasteiger partial charge < -0.3 is 24.6 Å². The van der Waals surface area contributed by atoms with Gasteiger partial charge in [0.15, 0.2) is 0 Å². The molecule has 2 saturated heterocycles. The van der Waals surface area contributed by atoms with Gasteiger partial charge in [0.2, 0.25) is 17.7 Å². The van der Waals surface area contributed by atoms with Gasteiger partial charge >= 0.3 is 0 Å². The Kier molecular flexibility index (Phi) is 10.2. The molecule has 6 rings (SSSR count). The Labute approximate surface area is 260 Å². The molecule has 12 heteroatoms. The fourth-order valence-corrected chi connectivity index (χ4v) is 6.33. The first kappa shape index (κ1) is 31.9. The Morgan fingerprint density at radius 3 is 2.59 bits per heavy atom. The van der Waals surface area contributed by atoms with Crippen LogP contribution in [0.2, 0.25) is 0 Å². The number of nitrogens with one attached hydrogen (secondary N) is 1. The second-order valence-electron chi connectivity index (χ2n) is 13.5. The molecule has 0 radical (unpaired) electrons. The Morgan fingerprint density at radius 1 is 1.07 bits per heavy atom. The second kappa shape index (κ2) is 14.1. The maximum absolute atomic E-state index is 14.0. The Balaban J connectivity index is 1.34. The highest BCUT2D eigenvalue weighted by atomic mass is 16.5. The van der Waals surface area contributed by atoms with E-state index >= 15 is 0 Å². The molecule has 1 N–H and O–H groups in total. The van der Waals surface area contributed by atoms with E-state index in [-0.39, 0.29) is 47.5 Å². The minimum Gasteiger partial charge on any atom is -0.475 e. The largest absolute Gasteiger partial charge is 0.475 e. The number of piperidine rings is 1. The predicted octanol–water partition coefficient (Wildman–Crippen LogP) is 2.10. The van der Waals surface area contributed by atoms with Crippen LogP contribution in [0, 0.1) is 11.3 Å². The molecule has 6 bridgehead atoms. The molecule has 0 aliphatic carbocycles. The van der Waals surface area contributed by atoms with Crippen molar-refractivity contribution < 1.29 is 23.9 Å². The van der Waals surface area contributed by atoms with Crippen LogP contribution in [0.1, 0.15) is 62.5 Å². The second-order valence-corrected chi connectivity index (χ2v) is 13.5. The lowest BCUT2D eigenvalue weighted by Gasteiger charge is -2.37. The average Bonchev–Trinajstić information content (AvgIpc) is 3.58. The Bertz CT molecular complexity index is 1300. The summed E-state index contributed by atoms with van der Waals surface area (Å²) < 4.78 is 13.4. The van der Waals surface area contributed by atoms with Gasteiger partial charge in [0, 0.05) is 76.6 Å². The maximum atomic E-state index is 14.0. The molecular weight excluding hydrogens is 562 g/mol. The fraction of sp³-hybridized carbons (Fsp3) is 0.656. The topological polar surface area (TPSA) is 122 Å². The van der Waals surface area contributed by atoms with Crippen LogP contribution in [0.5, 0.6) is 5.88 Å². The zero-order valence-corrected chi connectivity index (χ0v) is 26.5. The van der Waals surface area contributed by atoms with Crippen LogP contribution in [0.25, 0.3) is 0 Å². The van der Waals surface area contributed by atoms with Crippen LogP contribution in [-0.4, -0.2) is 112 Å². The predicted molar refractivity (Wildman–Crippen MR) is 164 cm³/mol. The van der Waals surface area contributed by atoms with Crippen molar-refractivity contribution in [3.63, 3.8) is 0 Å². The quantitative estimate of drug-likeness (QED) is 0.526. The van der Waals surface area contributed by atoms with E-state index in [9.17, 15) is 14.4 Å². The van der Waals surface area contributed by atoms with E-state index in [0.717, 1.165) is 18.4 Å². The molecular formula is C32H47N7O5. The molecule has 0 spiro atoms. The molecule has 240 valence electrons. The van der Waals surface area contributed by atoms with Crippen molar-refractivity contribution in [2.24, 2.45) is 18.4 Å². The van der Waals surface area contributed by atoms with Crippen molar-refractivity contribution in [1.29, 1.82) is 0 Å². The molecule has 2 aromatic rings. The minimum atomic E-state index is -0.351. The molecule has 12 nitrogen and oxygen atoms in total. The van der Waals surface area contributed by atoms with E-state index in [1.165, 1.54) is 0 Å². The molecule has 3 amide bonds. The SMILES string of the molecule is Cn1cc(CN2C[C@@H]3C[C@H]2C(=O)N2CCC(CC2)CN(C(=O)CC(C)(C)C)CCOCCOc2cccc(n2)C(=O)N3)cn1. The summed E-state index contributed by atoms with van der Waals surface area (Å²) >= 11 is 0. The lowest BCUT2D eigenvalue weighted by molar-refractivity contribution is -0.139. The summed E-state index contributed by atoms with van der Waals surface area (Å²) in [5, 5.41) is 7.41. The number of ether oxygens (including phenoxy) is 2. The average molecular weight is 610 g/mol. The monoisotopic (exact) mass is 609 g/mol. The first-order chi connectivity index (χ1) is 21.0. The number of hydrogen-bond donors (Lipinski definition) is 1. The molecule has 2 fully saturated rings. The standard InChI is InChI=1S/C32H47N7O5/c1-32(2,3)17-29(40)38-12-13-43-14-15-44-28-7-5-6-26(35-28)30(41)34-25-16-27(31(42)37-10-8-23(20-38)9-11-37)39(22-25)21-24-18-33-36(4)19-24/h5-7,18-19,23,25,27H,8-17,20-22H2,1-4H3,(H,34,41)/t25-,27-/m0/s1. The number of hydrogen-bond acceptors (Lipinski definition) is 8. The number of aromatic nitrogens is 3. The molecule has 2 aromatic heterocycles. The summed E-state index contributed by atoms with van der Waals surface area (Å²) in [6.45, 7) is 10.9. The molecule has 4 aliphatic rings. The summed E-state index contributed by atoms with van der Waals surface area (Å²) in [5.74, 6) is 0.599. The lowest BCUT2D eigenvalue weighted by atomic mass is 9.90. The van der Waals surface area contributed by atoms with E-state index in [1.54, 1.807) is 22.9 Å². The van der Waals surface area contributed by atoms with Gasteiger partial charge in [0.1, 0.15) is 12.3 Å². The highest BCUT2D eigenvalue weighted by molar-refractivity contribution is 5.92. The number of likely N-dealkylation sites (tertiary alicyclic amines) is 1. The van der Waals surface area contributed by atoms with Gasteiger partial charge in [-0.2, -0.15) is 5.10 Å². The summed E-state index contributed by atoms with van der Waals surface area (Å²) in [5.41, 5.74) is 1.17. The number of carbonyl (C=O) groups excluding carboxylic acids is 3. The highest BCUT2D eigenvalue weighted by Crippen LogP contribution is 2.27. The Hall–Kier alpha value is -3.51. The third kappa shape index (κ3) is 8.56. The number of pyridine rings is 1. The van der Waals surface area contributed by atoms with E-state index in [0.29, 0.717) is 77.1 Å². The number of carbonyl (C=O) groups is 3. The minimum absolute atomic E-state index is 0.0950. The molecule has 4 aliphatic heterocycles. The fourth-order valence-electron chi connectivity index (χ4n) is 6.33. The molecule has 2 atom stereocenters. The summed E-state index contributed by atoms with van der Waals surface area (Å²) in [6, 6.07) is 4.56. The molecule has 44 heavy (non-hydrogen) atoms. The van der Waals surface area contributed by atoms with Crippen molar-refractivity contribution in [3.8, 4) is 5.88 Å². The van der Waals surface area contributed by atoms with Gasteiger partial charge in [-0.15, -0.1) is 0 Å².